The lowest BCUT2D eigenvalue weighted by Crippen LogP contribution is -2.01. The van der Waals surface area contributed by atoms with Crippen molar-refractivity contribution in [2.45, 2.75) is 6.10 Å². The van der Waals surface area contributed by atoms with Crippen molar-refractivity contribution >= 4 is 0 Å². The van der Waals surface area contributed by atoms with Gasteiger partial charge in [-0.05, 0) is 35.4 Å². The molecular formula is C23H18N2O. The highest BCUT2D eigenvalue weighted by Crippen LogP contribution is 2.27. The maximum absolute atomic E-state index is 10.9. The second-order valence-corrected chi connectivity index (χ2v) is 6.08. The summed E-state index contributed by atoms with van der Waals surface area (Å²) in [6, 6.07) is 27.5. The second-order valence-electron chi connectivity index (χ2n) is 6.08. The van der Waals surface area contributed by atoms with Gasteiger partial charge >= 0.3 is 0 Å². The van der Waals surface area contributed by atoms with Crippen LogP contribution < -0.4 is 0 Å². The Morgan fingerprint density at radius 2 is 1.00 bits per heavy atom. The van der Waals surface area contributed by atoms with Crippen molar-refractivity contribution in [1.82, 2.24) is 9.97 Å². The molecule has 0 saturated carbocycles. The van der Waals surface area contributed by atoms with Gasteiger partial charge in [-0.25, -0.2) is 0 Å². The smallest absolute Gasteiger partial charge is 0.104 e. The van der Waals surface area contributed by atoms with Crippen LogP contribution in [0.4, 0.5) is 0 Å². The van der Waals surface area contributed by atoms with Gasteiger partial charge in [0.05, 0.1) is 11.4 Å². The maximum atomic E-state index is 10.9. The molecule has 0 aliphatic heterocycles. The molecular weight excluding hydrogens is 320 g/mol. The van der Waals surface area contributed by atoms with E-state index >= 15 is 0 Å². The quantitative estimate of drug-likeness (QED) is 0.576. The topological polar surface area (TPSA) is 46.0 Å². The zero-order valence-corrected chi connectivity index (χ0v) is 14.2. The normalized spacial score (nSPS) is 10.8. The second kappa shape index (κ2) is 7.30. The van der Waals surface area contributed by atoms with E-state index < -0.39 is 6.10 Å². The lowest BCUT2D eigenvalue weighted by Gasteiger charge is -2.13. The summed E-state index contributed by atoms with van der Waals surface area (Å²) in [5, 5.41) is 10.9. The van der Waals surface area contributed by atoms with Crippen molar-refractivity contribution in [2.24, 2.45) is 0 Å². The van der Waals surface area contributed by atoms with Crippen LogP contribution in [0.5, 0.6) is 0 Å². The van der Waals surface area contributed by atoms with Crippen LogP contribution in [0.15, 0.2) is 97.3 Å². The standard InChI is InChI=1S/C23H18N2O/c26-23(19-11-13-24-21(15-19)17-7-3-1-4-8-17)20-12-14-25-22(16-20)18-9-5-2-6-10-18/h1-16,23,26H. The van der Waals surface area contributed by atoms with Gasteiger partial charge in [0.1, 0.15) is 6.10 Å². The van der Waals surface area contributed by atoms with Crippen LogP contribution in [0.2, 0.25) is 0 Å². The van der Waals surface area contributed by atoms with Crippen LogP contribution in [0.25, 0.3) is 22.5 Å². The summed E-state index contributed by atoms with van der Waals surface area (Å²) in [4.78, 5) is 8.85. The Bertz CT molecular complexity index is 918. The minimum atomic E-state index is -0.731. The van der Waals surface area contributed by atoms with Gasteiger partial charge in [-0.3, -0.25) is 9.97 Å². The average Bonchev–Trinajstić information content (AvgIpc) is 2.75. The first-order valence-electron chi connectivity index (χ1n) is 8.52. The summed E-state index contributed by atoms with van der Waals surface area (Å²) < 4.78 is 0. The van der Waals surface area contributed by atoms with E-state index in [9.17, 15) is 5.11 Å². The number of rotatable bonds is 4. The van der Waals surface area contributed by atoms with Crippen molar-refractivity contribution in [2.75, 3.05) is 0 Å². The Labute approximate surface area is 152 Å². The largest absolute Gasteiger partial charge is 0.384 e. The molecule has 2 aromatic carbocycles. The van der Waals surface area contributed by atoms with Gasteiger partial charge in [-0.2, -0.15) is 0 Å². The zero-order valence-electron chi connectivity index (χ0n) is 14.2. The molecule has 0 radical (unpaired) electrons. The minimum Gasteiger partial charge on any atom is -0.384 e. The lowest BCUT2D eigenvalue weighted by atomic mass is 9.99. The fourth-order valence-electron chi connectivity index (χ4n) is 2.96. The zero-order chi connectivity index (χ0) is 17.8. The lowest BCUT2D eigenvalue weighted by molar-refractivity contribution is 0.220. The molecule has 0 atom stereocenters. The van der Waals surface area contributed by atoms with Crippen LogP contribution in [0.3, 0.4) is 0 Å². The Morgan fingerprint density at radius 1 is 0.577 bits per heavy atom. The van der Waals surface area contributed by atoms with E-state index in [2.05, 4.69) is 9.97 Å². The Hall–Kier alpha value is -3.30. The number of aromatic nitrogens is 2. The molecule has 3 nitrogen and oxygen atoms in total. The summed E-state index contributed by atoms with van der Waals surface area (Å²) in [6.45, 7) is 0. The van der Waals surface area contributed by atoms with Crippen molar-refractivity contribution in [1.29, 1.82) is 0 Å². The number of aliphatic hydroxyl groups excluding tert-OH is 1. The number of pyridine rings is 2. The van der Waals surface area contributed by atoms with Crippen molar-refractivity contribution in [3.8, 4) is 22.5 Å². The minimum absolute atomic E-state index is 0.731. The van der Waals surface area contributed by atoms with Gasteiger partial charge in [-0.15, -0.1) is 0 Å². The van der Waals surface area contributed by atoms with Crippen LogP contribution in [0, 0.1) is 0 Å². The third kappa shape index (κ3) is 3.39. The van der Waals surface area contributed by atoms with Crippen molar-refractivity contribution in [3.05, 3.63) is 108 Å². The van der Waals surface area contributed by atoms with Gasteiger partial charge in [-0.1, -0.05) is 60.7 Å². The molecule has 2 aromatic heterocycles. The Morgan fingerprint density at radius 3 is 1.42 bits per heavy atom. The van der Waals surface area contributed by atoms with Crippen molar-refractivity contribution in [3.63, 3.8) is 0 Å². The molecule has 126 valence electrons. The molecule has 0 bridgehead atoms. The van der Waals surface area contributed by atoms with E-state index in [1.54, 1.807) is 12.4 Å². The van der Waals surface area contributed by atoms with Gasteiger partial charge in [0.25, 0.3) is 0 Å². The number of nitrogens with zero attached hydrogens (tertiary/aromatic N) is 2. The molecule has 0 fully saturated rings. The average molecular weight is 338 g/mol. The summed E-state index contributed by atoms with van der Waals surface area (Å²) in [5.41, 5.74) is 5.37. The molecule has 0 unspecified atom stereocenters. The monoisotopic (exact) mass is 338 g/mol. The predicted octanol–water partition coefficient (Wildman–Crippen LogP) is 4.89. The van der Waals surface area contributed by atoms with E-state index in [0.29, 0.717) is 0 Å². The summed E-state index contributed by atoms with van der Waals surface area (Å²) in [6.07, 6.45) is 2.74. The fourth-order valence-corrected chi connectivity index (χ4v) is 2.96. The highest BCUT2D eigenvalue weighted by Gasteiger charge is 2.13. The number of hydrogen-bond donors (Lipinski definition) is 1. The molecule has 4 rings (SSSR count). The van der Waals surface area contributed by atoms with Gasteiger partial charge in [0.2, 0.25) is 0 Å². The molecule has 0 saturated heterocycles. The third-order valence-corrected chi connectivity index (χ3v) is 4.34. The molecule has 0 spiro atoms. The molecule has 2 heterocycles. The van der Waals surface area contributed by atoms with E-state index in [1.807, 2.05) is 84.9 Å². The predicted molar refractivity (Wildman–Crippen MR) is 103 cm³/mol. The SMILES string of the molecule is OC(c1ccnc(-c2ccccc2)c1)c1ccnc(-c2ccccc2)c1. The Kier molecular flexibility index (Phi) is 4.54. The van der Waals surface area contributed by atoms with Gasteiger partial charge in [0, 0.05) is 23.5 Å². The van der Waals surface area contributed by atoms with Crippen LogP contribution >= 0.6 is 0 Å². The number of aliphatic hydroxyl groups is 1. The summed E-state index contributed by atoms with van der Waals surface area (Å²) in [5.74, 6) is 0. The van der Waals surface area contributed by atoms with E-state index in [4.69, 9.17) is 0 Å². The first-order valence-corrected chi connectivity index (χ1v) is 8.52. The van der Waals surface area contributed by atoms with Crippen molar-refractivity contribution < 1.29 is 5.11 Å². The Balaban J connectivity index is 1.67. The molecule has 0 aliphatic rings. The fraction of sp³-hybridized carbons (Fsp3) is 0.0435. The number of hydrogen-bond acceptors (Lipinski definition) is 3. The molecule has 3 heteroatoms. The summed E-state index contributed by atoms with van der Waals surface area (Å²) >= 11 is 0. The van der Waals surface area contributed by atoms with Gasteiger partial charge in [0.15, 0.2) is 0 Å². The molecule has 4 aromatic rings. The first-order chi connectivity index (χ1) is 12.8. The molecule has 1 N–H and O–H groups in total. The van der Waals surface area contributed by atoms with Gasteiger partial charge < -0.3 is 5.11 Å². The van der Waals surface area contributed by atoms with E-state index in [0.717, 1.165) is 33.6 Å². The van der Waals surface area contributed by atoms with Crippen LogP contribution in [-0.2, 0) is 0 Å². The molecule has 26 heavy (non-hydrogen) atoms. The molecule has 0 aliphatic carbocycles. The van der Waals surface area contributed by atoms with E-state index in [-0.39, 0.29) is 0 Å². The highest BCUT2D eigenvalue weighted by molar-refractivity contribution is 5.61. The summed E-state index contributed by atoms with van der Waals surface area (Å²) in [7, 11) is 0. The first kappa shape index (κ1) is 16.2. The van der Waals surface area contributed by atoms with Crippen LogP contribution in [0.1, 0.15) is 17.2 Å². The van der Waals surface area contributed by atoms with E-state index in [1.165, 1.54) is 0 Å². The third-order valence-electron chi connectivity index (χ3n) is 4.34. The number of benzene rings is 2. The maximum Gasteiger partial charge on any atom is 0.104 e. The molecule has 0 amide bonds. The highest BCUT2D eigenvalue weighted by atomic mass is 16.3. The van der Waals surface area contributed by atoms with Crippen LogP contribution in [-0.4, -0.2) is 15.1 Å².